The number of carbonyl (C=O) groups is 2. The standard InChI is InChI=1S/C26H27FN4O5.Li/c1-26(2)25-29-21(23(34)28-14-17-8-10-19(27)11-9-17)22(36-16-18-6-4-3-5-7-18)24(35)31(25)13-12-30(26)15-20(32)33;/h3-11H,12-16H2,1-2H3,(H,28,34)(H,32,33);/q;+1/p-1. The fraction of sp³-hybridized carbons (Fsp3) is 0.308. The van der Waals surface area contributed by atoms with Crippen LogP contribution in [-0.2, 0) is 30.0 Å². The first kappa shape index (κ1) is 28.1. The molecule has 0 aliphatic carbocycles. The largest absolute Gasteiger partial charge is 1.00 e. The number of fused-ring (bicyclic) bond motifs is 1. The van der Waals surface area contributed by atoms with Gasteiger partial charge in [-0.1, -0.05) is 42.5 Å². The fourth-order valence-electron chi connectivity index (χ4n) is 4.17. The third kappa shape index (κ3) is 6.28. The van der Waals surface area contributed by atoms with Gasteiger partial charge in [0.15, 0.2) is 5.69 Å². The van der Waals surface area contributed by atoms with E-state index in [1.165, 1.54) is 16.7 Å². The number of rotatable bonds is 8. The third-order valence-corrected chi connectivity index (χ3v) is 6.19. The molecule has 0 radical (unpaired) electrons. The third-order valence-electron chi connectivity index (χ3n) is 6.19. The van der Waals surface area contributed by atoms with Gasteiger partial charge in [-0.15, -0.1) is 0 Å². The molecule has 1 aliphatic rings. The zero-order valence-corrected chi connectivity index (χ0v) is 21.0. The van der Waals surface area contributed by atoms with E-state index in [9.17, 15) is 23.9 Å². The molecule has 0 spiro atoms. The van der Waals surface area contributed by atoms with Crippen LogP contribution in [0.4, 0.5) is 4.39 Å². The van der Waals surface area contributed by atoms with E-state index < -0.39 is 28.8 Å². The number of hydrogen-bond acceptors (Lipinski definition) is 7. The molecule has 2 heterocycles. The molecule has 0 fully saturated rings. The maximum absolute atomic E-state index is 13.5. The maximum atomic E-state index is 13.5. The number of ether oxygens (including phenoxy) is 1. The van der Waals surface area contributed by atoms with Crippen LogP contribution in [-0.4, -0.2) is 39.4 Å². The van der Waals surface area contributed by atoms with Crippen LogP contribution >= 0.6 is 0 Å². The molecule has 188 valence electrons. The van der Waals surface area contributed by atoms with Gasteiger partial charge in [0.1, 0.15) is 18.2 Å². The number of aromatic nitrogens is 2. The van der Waals surface area contributed by atoms with Crippen molar-refractivity contribution in [1.82, 2.24) is 19.8 Å². The molecule has 1 aromatic heterocycles. The van der Waals surface area contributed by atoms with Crippen LogP contribution in [0.5, 0.6) is 5.75 Å². The molecular formula is C26H26FLiN4O5. The summed E-state index contributed by atoms with van der Waals surface area (Å²) in [5.41, 5.74) is -0.234. The van der Waals surface area contributed by atoms with Crippen LogP contribution in [0.1, 0.15) is 41.3 Å². The summed E-state index contributed by atoms with van der Waals surface area (Å²) in [5.74, 6) is -2.23. The normalized spacial score (nSPS) is 14.2. The van der Waals surface area contributed by atoms with Gasteiger partial charge in [0.05, 0.1) is 11.5 Å². The molecule has 0 unspecified atom stereocenters. The van der Waals surface area contributed by atoms with Gasteiger partial charge in [-0.05, 0) is 37.1 Å². The number of benzene rings is 2. The molecule has 0 bridgehead atoms. The number of carboxylic acids is 1. The van der Waals surface area contributed by atoms with Crippen LogP contribution in [0.25, 0.3) is 0 Å². The summed E-state index contributed by atoms with van der Waals surface area (Å²) in [6.07, 6.45) is 0. The number of nitrogens with zero attached hydrogens (tertiary/aromatic N) is 3. The zero-order chi connectivity index (χ0) is 25.9. The Balaban J connectivity index is 0.00000380. The van der Waals surface area contributed by atoms with Gasteiger partial charge < -0.3 is 20.0 Å². The smallest absolute Gasteiger partial charge is 0.549 e. The minimum absolute atomic E-state index is 0. The predicted molar refractivity (Wildman–Crippen MR) is 126 cm³/mol. The first-order valence-electron chi connectivity index (χ1n) is 11.5. The molecule has 0 atom stereocenters. The monoisotopic (exact) mass is 500 g/mol. The van der Waals surface area contributed by atoms with Crippen molar-refractivity contribution >= 4 is 11.9 Å². The Kier molecular flexibility index (Phi) is 8.92. The van der Waals surface area contributed by atoms with E-state index in [1.807, 2.05) is 30.3 Å². The van der Waals surface area contributed by atoms with E-state index in [1.54, 1.807) is 30.9 Å². The molecule has 0 saturated carbocycles. The van der Waals surface area contributed by atoms with E-state index in [0.29, 0.717) is 5.56 Å². The Labute approximate surface area is 225 Å². The second-order valence-electron chi connectivity index (χ2n) is 9.01. The second-order valence-corrected chi connectivity index (χ2v) is 9.01. The van der Waals surface area contributed by atoms with E-state index in [2.05, 4.69) is 10.3 Å². The maximum Gasteiger partial charge on any atom is 1.00 e. The predicted octanol–water partition coefficient (Wildman–Crippen LogP) is -1.80. The molecular weight excluding hydrogens is 474 g/mol. The molecule has 2 aromatic carbocycles. The first-order chi connectivity index (χ1) is 17.2. The Morgan fingerprint density at radius 1 is 1.08 bits per heavy atom. The van der Waals surface area contributed by atoms with Gasteiger partial charge in [-0.2, -0.15) is 0 Å². The number of carboxylic acid groups (broad SMARTS) is 1. The van der Waals surface area contributed by atoms with Crippen LogP contribution in [0, 0.1) is 5.82 Å². The Morgan fingerprint density at radius 3 is 2.41 bits per heavy atom. The summed E-state index contributed by atoms with van der Waals surface area (Å²) in [6.45, 7) is 3.71. The first-order valence-corrected chi connectivity index (χ1v) is 11.5. The van der Waals surface area contributed by atoms with Gasteiger partial charge in [-0.25, -0.2) is 9.37 Å². The van der Waals surface area contributed by atoms with Crippen molar-refractivity contribution in [2.75, 3.05) is 13.1 Å². The number of aliphatic carboxylic acids is 1. The van der Waals surface area contributed by atoms with Crippen molar-refractivity contribution in [2.24, 2.45) is 0 Å². The number of carbonyl (C=O) groups excluding carboxylic acids is 2. The average Bonchev–Trinajstić information content (AvgIpc) is 2.85. The summed E-state index contributed by atoms with van der Waals surface area (Å²) in [6, 6.07) is 14.8. The molecule has 0 saturated heterocycles. The Bertz CT molecular complexity index is 1330. The minimum atomic E-state index is -1.25. The molecule has 11 heteroatoms. The van der Waals surface area contributed by atoms with E-state index in [-0.39, 0.29) is 68.9 Å². The van der Waals surface area contributed by atoms with Crippen LogP contribution < -0.4 is 39.6 Å². The number of amides is 1. The minimum Gasteiger partial charge on any atom is -0.549 e. The van der Waals surface area contributed by atoms with Gasteiger partial charge in [-0.3, -0.25) is 19.1 Å². The van der Waals surface area contributed by atoms with Gasteiger partial charge in [0.25, 0.3) is 11.5 Å². The van der Waals surface area contributed by atoms with Crippen molar-refractivity contribution < 1.29 is 42.7 Å². The van der Waals surface area contributed by atoms with Crippen LogP contribution in [0.15, 0.2) is 59.4 Å². The molecule has 1 N–H and O–H groups in total. The molecule has 3 aromatic rings. The van der Waals surface area contributed by atoms with Crippen molar-refractivity contribution in [2.45, 2.75) is 39.1 Å². The van der Waals surface area contributed by atoms with Gasteiger partial charge in [0, 0.05) is 26.2 Å². The number of nitrogens with one attached hydrogen (secondary N) is 1. The fourth-order valence-corrected chi connectivity index (χ4v) is 4.17. The molecule has 37 heavy (non-hydrogen) atoms. The quantitative estimate of drug-likeness (QED) is 0.363. The zero-order valence-electron chi connectivity index (χ0n) is 21.0. The molecule has 1 aliphatic heterocycles. The van der Waals surface area contributed by atoms with Crippen LogP contribution in [0.2, 0.25) is 0 Å². The van der Waals surface area contributed by atoms with Gasteiger partial charge >= 0.3 is 18.9 Å². The van der Waals surface area contributed by atoms with E-state index in [4.69, 9.17) is 4.74 Å². The molecule has 9 nitrogen and oxygen atoms in total. The number of hydrogen-bond donors (Lipinski definition) is 1. The topological polar surface area (TPSA) is 117 Å². The van der Waals surface area contributed by atoms with E-state index >= 15 is 0 Å². The summed E-state index contributed by atoms with van der Waals surface area (Å²) in [4.78, 5) is 44.2. The second kappa shape index (κ2) is 11.7. The average molecular weight is 500 g/mol. The van der Waals surface area contributed by atoms with Crippen LogP contribution in [0.3, 0.4) is 0 Å². The Morgan fingerprint density at radius 2 is 1.76 bits per heavy atom. The molecule has 1 amide bonds. The summed E-state index contributed by atoms with van der Waals surface area (Å²) < 4.78 is 20.5. The molecule has 4 rings (SSSR count). The van der Waals surface area contributed by atoms with Crippen molar-refractivity contribution in [3.05, 3.63) is 93.4 Å². The summed E-state index contributed by atoms with van der Waals surface area (Å²) in [7, 11) is 0. The number of halogens is 1. The Hall–Kier alpha value is -3.45. The van der Waals surface area contributed by atoms with Crippen molar-refractivity contribution in [1.29, 1.82) is 0 Å². The summed E-state index contributed by atoms with van der Waals surface area (Å²) >= 11 is 0. The van der Waals surface area contributed by atoms with Gasteiger partial charge in [0.2, 0.25) is 5.75 Å². The van der Waals surface area contributed by atoms with Crippen molar-refractivity contribution in [3.8, 4) is 5.75 Å². The SMILES string of the molecule is CC1(C)c2nc(C(=O)NCc3ccc(F)cc3)c(OCc3ccccc3)c(=O)n2CCN1CC(=O)[O-].[Li+]. The summed E-state index contributed by atoms with van der Waals surface area (Å²) in [5, 5.41) is 14.0. The van der Waals surface area contributed by atoms with Crippen molar-refractivity contribution in [3.63, 3.8) is 0 Å². The van der Waals surface area contributed by atoms with E-state index in [0.717, 1.165) is 5.56 Å².